The van der Waals surface area contributed by atoms with Crippen LogP contribution in [0.1, 0.15) is 40.5 Å². The van der Waals surface area contributed by atoms with Gasteiger partial charge in [-0.2, -0.15) is 0 Å². The van der Waals surface area contributed by atoms with E-state index in [9.17, 15) is 23.6 Å². The number of imide groups is 1. The van der Waals surface area contributed by atoms with Crippen LogP contribution in [0.2, 0.25) is 0 Å². The van der Waals surface area contributed by atoms with Crippen molar-refractivity contribution in [1.82, 2.24) is 0 Å². The molecule has 2 aromatic rings. The molecule has 0 N–H and O–H groups in total. The fourth-order valence-corrected chi connectivity index (χ4v) is 2.77. The molecule has 0 bridgehead atoms. The summed E-state index contributed by atoms with van der Waals surface area (Å²) in [5.41, 5.74) is 0.618. The Morgan fingerprint density at radius 2 is 1.63 bits per heavy atom. The maximum atomic E-state index is 13.0. The summed E-state index contributed by atoms with van der Waals surface area (Å²) in [6, 6.07) is 10.8. The monoisotopic (exact) mass is 369 g/mol. The average Bonchev–Trinajstić information content (AvgIpc) is 3.00. The van der Waals surface area contributed by atoms with Crippen LogP contribution in [0.3, 0.4) is 0 Å². The summed E-state index contributed by atoms with van der Waals surface area (Å²) in [5, 5.41) is 0. The number of ketones is 1. The predicted octanol–water partition coefficient (Wildman–Crippen LogP) is 2.91. The van der Waals surface area contributed by atoms with Crippen LogP contribution in [-0.2, 0) is 14.3 Å². The molecular weight excluding hydrogens is 353 g/mol. The molecule has 0 radical (unpaired) electrons. The lowest BCUT2D eigenvalue weighted by molar-refractivity contribution is -0.121. The van der Waals surface area contributed by atoms with Gasteiger partial charge < -0.3 is 4.74 Å². The van der Waals surface area contributed by atoms with Gasteiger partial charge in [-0.25, -0.2) is 9.18 Å². The maximum Gasteiger partial charge on any atom is 0.338 e. The maximum absolute atomic E-state index is 13.0. The summed E-state index contributed by atoms with van der Waals surface area (Å²) in [5.74, 6) is -2.36. The van der Waals surface area contributed by atoms with Gasteiger partial charge in [0.05, 0.1) is 11.3 Å². The Balaban J connectivity index is 1.73. The van der Waals surface area contributed by atoms with Crippen molar-refractivity contribution in [2.24, 2.45) is 0 Å². The number of hydrogen-bond donors (Lipinski definition) is 0. The second-order valence-corrected chi connectivity index (χ2v) is 6.09. The van der Waals surface area contributed by atoms with E-state index in [0.717, 1.165) is 17.0 Å². The summed E-state index contributed by atoms with van der Waals surface area (Å²) in [6.07, 6.45) is -0.811. The van der Waals surface area contributed by atoms with Crippen LogP contribution in [0.4, 0.5) is 10.1 Å². The van der Waals surface area contributed by atoms with E-state index >= 15 is 0 Å². The van der Waals surface area contributed by atoms with E-state index in [2.05, 4.69) is 0 Å². The Kier molecular flexibility index (Phi) is 5.12. The number of Topliss-reactive ketones (excluding diaryl/α,β-unsaturated/α-hetero) is 1. The quantitative estimate of drug-likeness (QED) is 0.460. The molecule has 1 aliphatic heterocycles. The zero-order chi connectivity index (χ0) is 19.6. The van der Waals surface area contributed by atoms with E-state index in [1.54, 1.807) is 6.07 Å². The molecule has 0 spiro atoms. The molecule has 1 atom stereocenters. The number of benzene rings is 2. The van der Waals surface area contributed by atoms with E-state index < -0.39 is 23.7 Å². The average molecular weight is 369 g/mol. The first-order valence-electron chi connectivity index (χ1n) is 8.33. The highest BCUT2D eigenvalue weighted by atomic mass is 19.1. The molecule has 138 valence electrons. The fraction of sp³-hybridized carbons (Fsp3) is 0.200. The highest BCUT2D eigenvalue weighted by molar-refractivity contribution is 6.20. The highest BCUT2D eigenvalue weighted by Crippen LogP contribution is 2.24. The molecule has 0 saturated carbocycles. The molecule has 2 aromatic carbocycles. The minimum absolute atomic E-state index is 0.110. The minimum Gasteiger partial charge on any atom is -0.451 e. The number of anilines is 1. The van der Waals surface area contributed by atoms with Crippen molar-refractivity contribution in [3.05, 3.63) is 65.5 Å². The van der Waals surface area contributed by atoms with Crippen LogP contribution >= 0.6 is 0 Å². The Bertz CT molecular complexity index is 906. The number of amides is 2. The van der Waals surface area contributed by atoms with Crippen molar-refractivity contribution in [3.63, 3.8) is 0 Å². The third-order valence-electron chi connectivity index (χ3n) is 4.17. The Morgan fingerprint density at radius 3 is 2.26 bits per heavy atom. The van der Waals surface area contributed by atoms with Crippen LogP contribution in [0.5, 0.6) is 0 Å². The number of halogens is 1. The van der Waals surface area contributed by atoms with Crippen LogP contribution in [0, 0.1) is 5.82 Å². The van der Waals surface area contributed by atoms with Crippen LogP contribution < -0.4 is 4.90 Å². The lowest BCUT2D eigenvalue weighted by Gasteiger charge is -2.16. The molecule has 1 aliphatic rings. The number of rotatable bonds is 5. The molecular formula is C20H16FNO5. The van der Waals surface area contributed by atoms with Crippen molar-refractivity contribution >= 4 is 29.3 Å². The molecule has 2 amide bonds. The number of carbonyl (C=O) groups excluding carboxylic acids is 4. The number of esters is 1. The van der Waals surface area contributed by atoms with Crippen LogP contribution in [0.15, 0.2) is 48.5 Å². The first-order valence-corrected chi connectivity index (χ1v) is 8.33. The Labute approximate surface area is 154 Å². The third kappa shape index (κ3) is 3.92. The zero-order valence-electron chi connectivity index (χ0n) is 14.5. The molecule has 0 unspecified atom stereocenters. The SMILES string of the molecule is C[C@H](OC(=O)c1cccc(N2C(=O)CCC2=O)c1)C(=O)c1ccc(F)cc1. The lowest BCUT2D eigenvalue weighted by Crippen LogP contribution is -2.29. The number of carbonyl (C=O) groups is 4. The predicted molar refractivity (Wildman–Crippen MR) is 93.8 cm³/mol. The first kappa shape index (κ1) is 18.4. The van der Waals surface area contributed by atoms with Crippen molar-refractivity contribution in [2.45, 2.75) is 25.9 Å². The molecule has 6 nitrogen and oxygen atoms in total. The molecule has 27 heavy (non-hydrogen) atoms. The van der Waals surface area contributed by atoms with Crippen LogP contribution in [-0.4, -0.2) is 29.7 Å². The summed E-state index contributed by atoms with van der Waals surface area (Å²) in [6.45, 7) is 1.42. The molecule has 1 fully saturated rings. The lowest BCUT2D eigenvalue weighted by atomic mass is 10.1. The van der Waals surface area contributed by atoms with E-state index in [1.165, 1.54) is 37.3 Å². The summed E-state index contributed by atoms with van der Waals surface area (Å²) < 4.78 is 18.1. The van der Waals surface area contributed by atoms with Crippen molar-refractivity contribution in [3.8, 4) is 0 Å². The summed E-state index contributed by atoms with van der Waals surface area (Å²) in [7, 11) is 0. The zero-order valence-corrected chi connectivity index (χ0v) is 14.5. The van der Waals surface area contributed by atoms with Gasteiger partial charge in [-0.15, -0.1) is 0 Å². The smallest absolute Gasteiger partial charge is 0.338 e. The van der Waals surface area contributed by atoms with Gasteiger partial charge in [-0.3, -0.25) is 19.3 Å². The fourth-order valence-electron chi connectivity index (χ4n) is 2.77. The van der Waals surface area contributed by atoms with Gasteiger partial charge in [0.1, 0.15) is 5.82 Å². The first-order chi connectivity index (χ1) is 12.9. The minimum atomic E-state index is -1.08. The summed E-state index contributed by atoms with van der Waals surface area (Å²) >= 11 is 0. The third-order valence-corrected chi connectivity index (χ3v) is 4.17. The second kappa shape index (κ2) is 7.49. The molecule has 3 rings (SSSR count). The Morgan fingerprint density at radius 1 is 1.00 bits per heavy atom. The van der Waals surface area contributed by atoms with Crippen molar-refractivity contribution in [2.75, 3.05) is 4.90 Å². The molecule has 7 heteroatoms. The number of hydrogen-bond acceptors (Lipinski definition) is 5. The van der Waals surface area contributed by atoms with Crippen molar-refractivity contribution in [1.29, 1.82) is 0 Å². The molecule has 1 saturated heterocycles. The van der Waals surface area contributed by atoms with Gasteiger partial charge in [0.25, 0.3) is 0 Å². The molecule has 0 aromatic heterocycles. The van der Waals surface area contributed by atoms with E-state index in [0.29, 0.717) is 0 Å². The highest BCUT2D eigenvalue weighted by Gasteiger charge is 2.30. The van der Waals surface area contributed by atoms with Crippen molar-refractivity contribution < 1.29 is 28.3 Å². The van der Waals surface area contributed by atoms with Crippen LogP contribution in [0.25, 0.3) is 0 Å². The van der Waals surface area contributed by atoms with Gasteiger partial charge >= 0.3 is 5.97 Å². The normalized spacial score (nSPS) is 15.0. The van der Waals surface area contributed by atoms with Gasteiger partial charge in [-0.1, -0.05) is 6.07 Å². The van der Waals surface area contributed by atoms with Gasteiger partial charge in [-0.05, 0) is 49.4 Å². The topological polar surface area (TPSA) is 80.8 Å². The number of ether oxygens (including phenoxy) is 1. The van der Waals surface area contributed by atoms with E-state index in [-0.39, 0.29) is 41.5 Å². The van der Waals surface area contributed by atoms with E-state index in [4.69, 9.17) is 4.74 Å². The van der Waals surface area contributed by atoms with E-state index in [1.807, 2.05) is 0 Å². The van der Waals surface area contributed by atoms with Gasteiger partial charge in [0.15, 0.2) is 6.10 Å². The summed E-state index contributed by atoms with van der Waals surface area (Å²) in [4.78, 5) is 49.3. The standard InChI is InChI=1S/C20H16FNO5/c1-12(19(25)13-5-7-15(21)8-6-13)27-20(26)14-3-2-4-16(11-14)22-17(23)9-10-18(22)24/h2-8,11-12H,9-10H2,1H3/t12-/m0/s1. The molecule has 1 heterocycles. The number of nitrogens with zero attached hydrogens (tertiary/aromatic N) is 1. The van der Waals surface area contributed by atoms with Gasteiger partial charge in [0.2, 0.25) is 17.6 Å². The largest absolute Gasteiger partial charge is 0.451 e. The second-order valence-electron chi connectivity index (χ2n) is 6.09. The van der Waals surface area contributed by atoms with Gasteiger partial charge in [0, 0.05) is 18.4 Å². The molecule has 0 aliphatic carbocycles. The Hall–Kier alpha value is -3.35.